The van der Waals surface area contributed by atoms with Gasteiger partial charge in [0.1, 0.15) is 6.04 Å². The molecule has 2 saturated heterocycles. The lowest BCUT2D eigenvalue weighted by molar-refractivity contribution is -0.126. The Kier molecular flexibility index (Phi) is 6.99. The SMILES string of the molecule is CCN1C(=O)N(OS(=O)(=O)O)CCC[C@H]1C(=O)N[C@@H]1CCCNCC1. The van der Waals surface area contributed by atoms with Crippen LogP contribution in [0.1, 0.15) is 39.0 Å². The Morgan fingerprint density at radius 3 is 2.76 bits per heavy atom. The highest BCUT2D eigenvalue weighted by molar-refractivity contribution is 7.80. The van der Waals surface area contributed by atoms with Gasteiger partial charge >= 0.3 is 16.4 Å². The van der Waals surface area contributed by atoms with Gasteiger partial charge in [0.25, 0.3) is 0 Å². The summed E-state index contributed by atoms with van der Waals surface area (Å²) in [6.45, 7) is 3.66. The summed E-state index contributed by atoms with van der Waals surface area (Å²) in [6, 6.07) is -1.38. The van der Waals surface area contributed by atoms with Gasteiger partial charge in [0, 0.05) is 12.6 Å². The molecule has 0 bridgehead atoms. The fraction of sp³-hybridized carbons (Fsp3) is 0.857. The average molecular weight is 378 g/mol. The first kappa shape index (κ1) is 19.9. The van der Waals surface area contributed by atoms with Gasteiger partial charge in [-0.3, -0.25) is 9.35 Å². The molecule has 144 valence electrons. The first-order chi connectivity index (χ1) is 11.8. The molecule has 2 atom stereocenters. The Morgan fingerprint density at radius 1 is 1.32 bits per heavy atom. The summed E-state index contributed by atoms with van der Waals surface area (Å²) in [5.74, 6) is -0.240. The average Bonchev–Trinajstić information content (AvgIpc) is 2.86. The van der Waals surface area contributed by atoms with E-state index in [0.29, 0.717) is 17.9 Å². The largest absolute Gasteiger partial charge is 0.418 e. The molecule has 2 aliphatic heterocycles. The van der Waals surface area contributed by atoms with Crippen LogP contribution in [0.5, 0.6) is 0 Å². The first-order valence-corrected chi connectivity index (χ1v) is 9.94. The van der Waals surface area contributed by atoms with Crippen LogP contribution in [-0.2, 0) is 19.5 Å². The van der Waals surface area contributed by atoms with Crippen molar-refractivity contribution in [2.45, 2.75) is 51.1 Å². The van der Waals surface area contributed by atoms with Crippen LogP contribution in [0.15, 0.2) is 0 Å². The van der Waals surface area contributed by atoms with Crippen LogP contribution in [-0.4, -0.2) is 73.1 Å². The predicted molar refractivity (Wildman–Crippen MR) is 88.8 cm³/mol. The minimum atomic E-state index is -4.80. The number of nitrogens with one attached hydrogen (secondary N) is 2. The smallest absolute Gasteiger partial charge is 0.352 e. The van der Waals surface area contributed by atoms with Crippen LogP contribution in [0, 0.1) is 0 Å². The van der Waals surface area contributed by atoms with Gasteiger partial charge in [0.2, 0.25) is 5.91 Å². The van der Waals surface area contributed by atoms with Gasteiger partial charge in [0.15, 0.2) is 0 Å². The first-order valence-electron chi connectivity index (χ1n) is 8.58. The van der Waals surface area contributed by atoms with E-state index in [4.69, 9.17) is 4.55 Å². The fourth-order valence-corrected chi connectivity index (χ4v) is 3.59. The zero-order chi connectivity index (χ0) is 18.4. The van der Waals surface area contributed by atoms with Crippen LogP contribution in [0.3, 0.4) is 0 Å². The zero-order valence-corrected chi connectivity index (χ0v) is 15.1. The molecule has 2 aliphatic rings. The minimum Gasteiger partial charge on any atom is -0.352 e. The van der Waals surface area contributed by atoms with E-state index in [9.17, 15) is 18.0 Å². The number of nitrogens with zero attached hydrogens (tertiary/aromatic N) is 2. The maximum absolute atomic E-state index is 12.7. The van der Waals surface area contributed by atoms with Crippen LogP contribution in [0.25, 0.3) is 0 Å². The molecule has 0 aromatic rings. The third-order valence-corrected chi connectivity index (χ3v) is 4.79. The van der Waals surface area contributed by atoms with E-state index >= 15 is 0 Å². The number of carbonyl (C=O) groups excluding carboxylic acids is 2. The molecule has 11 heteroatoms. The quantitative estimate of drug-likeness (QED) is 0.569. The molecule has 0 spiro atoms. The summed E-state index contributed by atoms with van der Waals surface area (Å²) in [5.41, 5.74) is 0. The second-order valence-corrected chi connectivity index (χ2v) is 7.22. The summed E-state index contributed by atoms with van der Waals surface area (Å²) in [5, 5.41) is 6.86. The van der Waals surface area contributed by atoms with Crippen molar-refractivity contribution in [2.75, 3.05) is 26.2 Å². The molecule has 0 aromatic heterocycles. The molecule has 0 saturated carbocycles. The van der Waals surface area contributed by atoms with Crippen molar-refractivity contribution in [1.82, 2.24) is 20.6 Å². The number of hydrogen-bond acceptors (Lipinski definition) is 6. The number of rotatable bonds is 5. The van der Waals surface area contributed by atoms with Crippen LogP contribution < -0.4 is 10.6 Å². The van der Waals surface area contributed by atoms with E-state index in [2.05, 4.69) is 14.9 Å². The lowest BCUT2D eigenvalue weighted by Gasteiger charge is -2.31. The van der Waals surface area contributed by atoms with Gasteiger partial charge < -0.3 is 15.5 Å². The van der Waals surface area contributed by atoms with Crippen molar-refractivity contribution in [2.24, 2.45) is 0 Å². The number of hydroxylamine groups is 2. The summed E-state index contributed by atoms with van der Waals surface area (Å²) < 4.78 is 34.9. The molecule has 10 nitrogen and oxygen atoms in total. The highest BCUT2D eigenvalue weighted by Crippen LogP contribution is 2.18. The lowest BCUT2D eigenvalue weighted by Crippen LogP contribution is -2.53. The summed E-state index contributed by atoms with van der Waals surface area (Å²) in [7, 11) is -4.80. The Hall–Kier alpha value is -1.43. The maximum Gasteiger partial charge on any atom is 0.418 e. The third-order valence-electron chi connectivity index (χ3n) is 4.42. The second kappa shape index (κ2) is 8.79. The Bertz CT molecular complexity index is 576. The standard InChI is InChI=1S/C14H26N4O6S/c1-2-17-12(13(19)16-11-5-3-8-15-9-7-11)6-4-10-18(14(17)20)24-25(21,22)23/h11-12,15H,2-10H2,1H3,(H,16,19)(H,21,22,23)/t11-,12+/m1/s1. The van der Waals surface area contributed by atoms with Gasteiger partial charge in [-0.25, -0.2) is 4.79 Å². The number of likely N-dealkylation sites (N-methyl/N-ethyl adjacent to an activating group) is 1. The predicted octanol–water partition coefficient (Wildman–Crippen LogP) is -0.115. The van der Waals surface area contributed by atoms with E-state index in [1.54, 1.807) is 6.92 Å². The van der Waals surface area contributed by atoms with E-state index in [1.165, 1.54) is 4.90 Å². The molecular weight excluding hydrogens is 352 g/mol. The highest BCUT2D eigenvalue weighted by Gasteiger charge is 2.37. The van der Waals surface area contributed by atoms with Crippen molar-refractivity contribution in [3.8, 4) is 0 Å². The van der Waals surface area contributed by atoms with E-state index in [0.717, 1.165) is 32.4 Å². The summed E-state index contributed by atoms with van der Waals surface area (Å²) in [6.07, 6.45) is 3.45. The summed E-state index contributed by atoms with van der Waals surface area (Å²) >= 11 is 0. The van der Waals surface area contributed by atoms with Crippen molar-refractivity contribution >= 4 is 22.3 Å². The molecule has 25 heavy (non-hydrogen) atoms. The van der Waals surface area contributed by atoms with Crippen LogP contribution in [0.2, 0.25) is 0 Å². The molecule has 0 radical (unpaired) electrons. The Labute approximate surface area is 147 Å². The van der Waals surface area contributed by atoms with Gasteiger partial charge in [-0.05, 0) is 52.1 Å². The van der Waals surface area contributed by atoms with Gasteiger partial charge in [0.05, 0.1) is 6.54 Å². The van der Waals surface area contributed by atoms with Crippen LogP contribution >= 0.6 is 0 Å². The van der Waals surface area contributed by atoms with E-state index in [1.807, 2.05) is 0 Å². The molecule has 3 amide bonds. The monoisotopic (exact) mass is 378 g/mol. The Morgan fingerprint density at radius 2 is 2.08 bits per heavy atom. The normalized spacial score (nSPS) is 26.1. The molecule has 2 rings (SSSR count). The molecule has 2 fully saturated rings. The lowest BCUT2D eigenvalue weighted by atomic mass is 10.1. The number of urea groups is 1. The Balaban J connectivity index is 2.06. The number of amides is 3. The third kappa shape index (κ3) is 5.80. The molecule has 3 N–H and O–H groups in total. The maximum atomic E-state index is 12.7. The van der Waals surface area contributed by atoms with Crippen molar-refractivity contribution in [3.63, 3.8) is 0 Å². The van der Waals surface area contributed by atoms with E-state index < -0.39 is 22.5 Å². The van der Waals surface area contributed by atoms with Gasteiger partial charge in [-0.15, -0.1) is 4.28 Å². The summed E-state index contributed by atoms with van der Waals surface area (Å²) in [4.78, 5) is 26.4. The number of hydrogen-bond donors (Lipinski definition) is 3. The van der Waals surface area contributed by atoms with Crippen molar-refractivity contribution in [3.05, 3.63) is 0 Å². The van der Waals surface area contributed by atoms with Gasteiger partial charge in [-0.2, -0.15) is 13.5 Å². The zero-order valence-electron chi connectivity index (χ0n) is 14.3. The van der Waals surface area contributed by atoms with Gasteiger partial charge in [-0.1, -0.05) is 0 Å². The highest BCUT2D eigenvalue weighted by atomic mass is 32.3. The second-order valence-electron chi connectivity index (χ2n) is 6.22. The number of carbonyl (C=O) groups is 2. The van der Waals surface area contributed by atoms with Crippen molar-refractivity contribution < 1.29 is 26.8 Å². The molecule has 0 aliphatic carbocycles. The molecule has 2 heterocycles. The topological polar surface area (TPSA) is 128 Å². The van der Waals surface area contributed by atoms with E-state index in [-0.39, 0.29) is 25.0 Å². The fourth-order valence-electron chi connectivity index (χ4n) is 3.23. The molecule has 0 unspecified atom stereocenters. The molecular formula is C14H26N4O6S. The minimum absolute atomic E-state index is 0.0216. The van der Waals surface area contributed by atoms with Crippen LogP contribution in [0.4, 0.5) is 4.79 Å². The van der Waals surface area contributed by atoms with Crippen molar-refractivity contribution in [1.29, 1.82) is 0 Å². The molecule has 0 aromatic carbocycles.